The molecule has 2 bridgehead atoms. The van der Waals surface area contributed by atoms with Crippen molar-refractivity contribution in [2.24, 2.45) is 17.8 Å². The molecule has 1 saturated heterocycles. The summed E-state index contributed by atoms with van der Waals surface area (Å²) in [5.74, 6) is 0.879. The first-order valence-corrected chi connectivity index (χ1v) is 11.5. The SMILES string of the molecule is Cc1ccc(NC(=O)[C@@H]2C[C@H]3C=C[C@@H]2C3)cc1S(=O)(=O)N1CCCCCC1. The number of carbonyl (C=O) groups excluding carboxylic acids is 1. The van der Waals surface area contributed by atoms with E-state index in [1.165, 1.54) is 0 Å². The number of amides is 1. The van der Waals surface area contributed by atoms with Gasteiger partial charge >= 0.3 is 0 Å². The van der Waals surface area contributed by atoms with Crippen LogP contribution in [0, 0.1) is 24.7 Å². The van der Waals surface area contributed by atoms with Gasteiger partial charge in [0.15, 0.2) is 0 Å². The number of fused-ring (bicyclic) bond motifs is 2. The van der Waals surface area contributed by atoms with Gasteiger partial charge in [-0.2, -0.15) is 4.31 Å². The first kappa shape index (κ1) is 18.7. The molecule has 5 nitrogen and oxygen atoms in total. The molecular formula is C21H28N2O3S. The van der Waals surface area contributed by atoms with E-state index < -0.39 is 10.0 Å². The molecular weight excluding hydrogens is 360 g/mol. The predicted molar refractivity (Wildman–Crippen MR) is 106 cm³/mol. The van der Waals surface area contributed by atoms with E-state index in [2.05, 4.69) is 17.5 Å². The summed E-state index contributed by atoms with van der Waals surface area (Å²) in [7, 11) is -3.53. The zero-order chi connectivity index (χ0) is 19.0. The number of carbonyl (C=O) groups is 1. The van der Waals surface area contributed by atoms with Crippen molar-refractivity contribution >= 4 is 21.6 Å². The Morgan fingerprint density at radius 2 is 1.81 bits per heavy atom. The molecule has 2 aliphatic carbocycles. The Bertz CT molecular complexity index is 854. The van der Waals surface area contributed by atoms with Crippen LogP contribution < -0.4 is 5.32 Å². The average Bonchev–Trinajstić information content (AvgIpc) is 3.17. The highest BCUT2D eigenvalue weighted by molar-refractivity contribution is 7.89. The highest BCUT2D eigenvalue weighted by Gasteiger charge is 2.39. The fourth-order valence-electron chi connectivity index (χ4n) is 4.69. The van der Waals surface area contributed by atoms with E-state index in [-0.39, 0.29) is 11.8 Å². The number of hydrogen-bond donors (Lipinski definition) is 1. The number of allylic oxidation sites excluding steroid dienone is 2. The van der Waals surface area contributed by atoms with Crippen LogP contribution in [-0.2, 0) is 14.8 Å². The lowest BCUT2D eigenvalue weighted by atomic mass is 9.93. The van der Waals surface area contributed by atoms with Crippen molar-refractivity contribution in [2.45, 2.75) is 50.3 Å². The highest BCUT2D eigenvalue weighted by Crippen LogP contribution is 2.43. The van der Waals surface area contributed by atoms with Crippen LogP contribution in [0.2, 0.25) is 0 Å². The molecule has 1 aliphatic heterocycles. The van der Waals surface area contributed by atoms with Gasteiger partial charge in [0, 0.05) is 24.7 Å². The lowest BCUT2D eigenvalue weighted by Gasteiger charge is -2.22. The van der Waals surface area contributed by atoms with Gasteiger partial charge < -0.3 is 5.32 Å². The van der Waals surface area contributed by atoms with Crippen LogP contribution in [0.25, 0.3) is 0 Å². The Kier molecular flexibility index (Phi) is 5.12. The van der Waals surface area contributed by atoms with Gasteiger partial charge in [0.1, 0.15) is 0 Å². The van der Waals surface area contributed by atoms with Gasteiger partial charge in [-0.3, -0.25) is 4.79 Å². The van der Waals surface area contributed by atoms with Crippen molar-refractivity contribution in [3.63, 3.8) is 0 Å². The van der Waals surface area contributed by atoms with Gasteiger partial charge in [0.25, 0.3) is 0 Å². The van der Waals surface area contributed by atoms with Crippen LogP contribution in [0.3, 0.4) is 0 Å². The van der Waals surface area contributed by atoms with E-state index in [4.69, 9.17) is 0 Å². The molecule has 0 aromatic heterocycles. The Balaban J connectivity index is 1.54. The first-order chi connectivity index (χ1) is 12.9. The van der Waals surface area contributed by atoms with E-state index in [9.17, 15) is 13.2 Å². The van der Waals surface area contributed by atoms with Crippen molar-refractivity contribution in [2.75, 3.05) is 18.4 Å². The van der Waals surface area contributed by atoms with Gasteiger partial charge in [-0.05, 0) is 62.1 Å². The second-order valence-corrected chi connectivity index (χ2v) is 10.1. The third-order valence-electron chi connectivity index (χ3n) is 6.25. The molecule has 3 aliphatic rings. The maximum atomic E-state index is 13.2. The number of nitrogens with zero attached hydrogens (tertiary/aromatic N) is 1. The first-order valence-electron chi connectivity index (χ1n) is 10.0. The van der Waals surface area contributed by atoms with Crippen LogP contribution in [0.5, 0.6) is 0 Å². The molecule has 6 heteroatoms. The van der Waals surface area contributed by atoms with Crippen LogP contribution in [0.1, 0.15) is 44.1 Å². The van der Waals surface area contributed by atoms with Gasteiger partial charge in [-0.15, -0.1) is 0 Å². The maximum absolute atomic E-state index is 13.2. The molecule has 0 spiro atoms. The molecule has 2 fully saturated rings. The number of rotatable bonds is 4. The molecule has 1 aromatic rings. The highest BCUT2D eigenvalue weighted by atomic mass is 32.2. The molecule has 1 heterocycles. The number of nitrogens with one attached hydrogen (secondary N) is 1. The summed E-state index contributed by atoms with van der Waals surface area (Å²) in [5, 5.41) is 2.97. The van der Waals surface area contributed by atoms with Crippen molar-refractivity contribution in [3.8, 4) is 0 Å². The van der Waals surface area contributed by atoms with E-state index in [0.29, 0.717) is 35.5 Å². The minimum absolute atomic E-state index is 0.00645. The summed E-state index contributed by atoms with van der Waals surface area (Å²) >= 11 is 0. The Morgan fingerprint density at radius 1 is 1.07 bits per heavy atom. The summed E-state index contributed by atoms with van der Waals surface area (Å²) in [5.41, 5.74) is 1.30. The van der Waals surface area contributed by atoms with E-state index in [1.54, 1.807) is 22.5 Å². The number of hydrogen-bond acceptors (Lipinski definition) is 3. The molecule has 3 atom stereocenters. The Labute approximate surface area is 161 Å². The van der Waals surface area contributed by atoms with Crippen LogP contribution in [0.4, 0.5) is 5.69 Å². The molecule has 0 unspecified atom stereocenters. The zero-order valence-electron chi connectivity index (χ0n) is 15.9. The number of anilines is 1. The molecule has 1 N–H and O–H groups in total. The topological polar surface area (TPSA) is 66.5 Å². The quantitative estimate of drug-likeness (QED) is 0.800. The van der Waals surface area contributed by atoms with Crippen molar-refractivity contribution < 1.29 is 13.2 Å². The second-order valence-electron chi connectivity index (χ2n) is 8.17. The summed E-state index contributed by atoms with van der Waals surface area (Å²) in [4.78, 5) is 13.0. The minimum Gasteiger partial charge on any atom is -0.326 e. The van der Waals surface area contributed by atoms with Gasteiger partial charge in [-0.1, -0.05) is 31.1 Å². The summed E-state index contributed by atoms with van der Waals surface area (Å²) in [6.45, 7) is 2.97. The van der Waals surface area contributed by atoms with Crippen molar-refractivity contribution in [3.05, 3.63) is 35.9 Å². The van der Waals surface area contributed by atoms with Gasteiger partial charge in [0.2, 0.25) is 15.9 Å². The normalized spacial score (nSPS) is 28.3. The third-order valence-corrected chi connectivity index (χ3v) is 8.29. The molecule has 146 valence electrons. The van der Waals surface area contributed by atoms with Gasteiger partial charge in [0.05, 0.1) is 4.90 Å². The third kappa shape index (κ3) is 3.69. The van der Waals surface area contributed by atoms with Gasteiger partial charge in [-0.25, -0.2) is 8.42 Å². The predicted octanol–water partition coefficient (Wildman–Crippen LogP) is 3.71. The summed E-state index contributed by atoms with van der Waals surface area (Å²) < 4.78 is 27.9. The molecule has 27 heavy (non-hydrogen) atoms. The number of benzene rings is 1. The summed E-state index contributed by atoms with van der Waals surface area (Å²) in [6.07, 6.45) is 10.3. The van der Waals surface area contributed by atoms with Crippen LogP contribution in [0.15, 0.2) is 35.2 Å². The monoisotopic (exact) mass is 388 g/mol. The van der Waals surface area contributed by atoms with Crippen LogP contribution in [-0.4, -0.2) is 31.7 Å². The lowest BCUT2D eigenvalue weighted by Crippen LogP contribution is -2.32. The average molecular weight is 389 g/mol. The molecule has 1 amide bonds. The lowest BCUT2D eigenvalue weighted by molar-refractivity contribution is -0.120. The zero-order valence-corrected chi connectivity index (χ0v) is 16.7. The standard InChI is InChI=1S/C21H28N2O3S/c1-15-6-9-18(22-21(24)19-13-16-7-8-17(19)12-16)14-20(15)27(25,26)23-10-4-2-3-5-11-23/h6-9,14,16-17,19H,2-5,10-13H2,1H3,(H,22,24)/t16-,17+,19+/m0/s1. The fourth-order valence-corrected chi connectivity index (χ4v) is 6.46. The smallest absolute Gasteiger partial charge is 0.243 e. The second kappa shape index (κ2) is 7.40. The van der Waals surface area contributed by atoms with Crippen molar-refractivity contribution in [1.29, 1.82) is 0 Å². The van der Waals surface area contributed by atoms with Crippen molar-refractivity contribution in [1.82, 2.24) is 4.31 Å². The minimum atomic E-state index is -3.53. The largest absolute Gasteiger partial charge is 0.326 e. The number of aryl methyl sites for hydroxylation is 1. The van der Waals surface area contributed by atoms with E-state index >= 15 is 0 Å². The molecule has 1 aromatic carbocycles. The van der Waals surface area contributed by atoms with Crippen LogP contribution >= 0.6 is 0 Å². The Morgan fingerprint density at radius 3 is 2.44 bits per heavy atom. The summed E-state index contributed by atoms with van der Waals surface area (Å²) in [6, 6.07) is 5.23. The molecule has 1 saturated carbocycles. The Hall–Kier alpha value is -1.66. The maximum Gasteiger partial charge on any atom is 0.243 e. The van der Waals surface area contributed by atoms with E-state index in [1.807, 2.05) is 6.92 Å². The number of sulfonamides is 1. The van der Waals surface area contributed by atoms with E-state index in [0.717, 1.165) is 44.1 Å². The molecule has 0 radical (unpaired) electrons. The fraction of sp³-hybridized carbons (Fsp3) is 0.571. The molecule has 4 rings (SSSR count).